The van der Waals surface area contributed by atoms with E-state index < -0.39 is 55.9 Å². The molecule has 0 aromatic carbocycles. The molecule has 0 aliphatic heterocycles. The zero-order chi connectivity index (χ0) is 26.8. The third-order valence-electron chi connectivity index (χ3n) is 5.27. The molecule has 0 bridgehead atoms. The summed E-state index contributed by atoms with van der Waals surface area (Å²) in [5, 5.41) is 18.4. The van der Waals surface area contributed by atoms with Crippen molar-refractivity contribution in [3.05, 3.63) is 0 Å². The van der Waals surface area contributed by atoms with Crippen molar-refractivity contribution in [1.82, 2.24) is 0 Å². The van der Waals surface area contributed by atoms with Gasteiger partial charge in [0.15, 0.2) is 16.6 Å². The first-order chi connectivity index (χ1) is 15.3. The Bertz CT molecular complexity index is 620. The minimum Gasteiger partial charge on any atom is -0.456 e. The summed E-state index contributed by atoms with van der Waals surface area (Å²) < 4.78 is 44.5. The Balaban J connectivity index is 5.55. The van der Waals surface area contributed by atoms with E-state index in [-0.39, 0.29) is 13.2 Å². The van der Waals surface area contributed by atoms with Gasteiger partial charge in [-0.2, -0.15) is 0 Å². The first-order valence-electron chi connectivity index (χ1n) is 12.1. The van der Waals surface area contributed by atoms with Gasteiger partial charge in [-0.25, -0.2) is 0 Å². The topological polar surface area (TPSA) is 104 Å². The van der Waals surface area contributed by atoms with Crippen LogP contribution < -0.4 is 0 Å². The van der Waals surface area contributed by atoms with Crippen molar-refractivity contribution >= 4 is 59.6 Å². The Morgan fingerprint density at radius 2 is 1.47 bits per heavy atom. The molecular formula is C19H50O8Si7. The van der Waals surface area contributed by atoms with Crippen molar-refractivity contribution in [2.24, 2.45) is 0 Å². The maximum atomic E-state index is 12.6. The van der Waals surface area contributed by atoms with Gasteiger partial charge in [0.05, 0.1) is 13.2 Å². The predicted octanol–water partition coefficient (Wildman–Crippen LogP) is 4.00. The standard InChI is InChI=1S/C19H50O8Si7/c1-28-24-33(10,14-12-13-23-18-19(21)17-20)27-34(11,26-32(8,9)29(2)22)16-15-31(6,7)25-30(3,4)5/h19-21H,12-18H2,1-11H3. The Kier molecular flexibility index (Phi) is 15.3. The molecular weight excluding hydrogens is 553 g/mol. The van der Waals surface area contributed by atoms with Crippen LogP contribution in [0.15, 0.2) is 0 Å². The minimum absolute atomic E-state index is 0.114. The van der Waals surface area contributed by atoms with Gasteiger partial charge in [-0.05, 0) is 96.6 Å². The third-order valence-corrected chi connectivity index (χ3v) is 31.8. The van der Waals surface area contributed by atoms with Crippen molar-refractivity contribution < 1.29 is 35.9 Å². The lowest BCUT2D eigenvalue weighted by Crippen LogP contribution is -2.59. The summed E-state index contributed by atoms with van der Waals surface area (Å²) in [4.78, 5) is 0. The van der Waals surface area contributed by atoms with Crippen LogP contribution in [-0.4, -0.2) is 95.7 Å². The highest BCUT2D eigenvalue weighted by atomic mass is 29.2. The summed E-state index contributed by atoms with van der Waals surface area (Å²) >= 11 is 0. The molecule has 0 heterocycles. The highest BCUT2D eigenvalue weighted by Crippen LogP contribution is 2.32. The van der Waals surface area contributed by atoms with Crippen molar-refractivity contribution in [2.75, 3.05) is 19.8 Å². The normalized spacial score (nSPS) is 17.8. The quantitative estimate of drug-likeness (QED) is 0.169. The van der Waals surface area contributed by atoms with Crippen molar-refractivity contribution in [3.8, 4) is 0 Å². The van der Waals surface area contributed by atoms with Gasteiger partial charge < -0.3 is 35.9 Å². The summed E-state index contributed by atoms with van der Waals surface area (Å²) in [5.41, 5.74) is 0. The molecule has 2 radical (unpaired) electrons. The number of aliphatic hydroxyl groups excluding tert-OH is 2. The Labute approximate surface area is 217 Å². The van der Waals surface area contributed by atoms with Gasteiger partial charge in [0.1, 0.15) is 6.10 Å². The van der Waals surface area contributed by atoms with Crippen LogP contribution in [0.25, 0.3) is 0 Å². The lowest BCUT2D eigenvalue weighted by atomic mass is 10.4. The van der Waals surface area contributed by atoms with Gasteiger partial charge >= 0.3 is 17.1 Å². The molecule has 8 nitrogen and oxygen atoms in total. The molecule has 0 rings (SSSR count). The SMILES string of the molecule is C[Si]O[Si](C)(CCCOCC(O)CO)O[Si](C)(CC[Si](C)(C)O[Si](C)(C)C)O[Si](C)(C)[Si](C)=O. The zero-order valence-corrected chi connectivity index (χ0v) is 30.4. The van der Waals surface area contributed by atoms with E-state index >= 15 is 0 Å². The van der Waals surface area contributed by atoms with Crippen LogP contribution in [0.5, 0.6) is 0 Å². The lowest BCUT2D eigenvalue weighted by molar-refractivity contribution is 0.00624. The number of aliphatic hydroxyl groups is 2. The fraction of sp³-hybridized carbons (Fsp3) is 1.00. The van der Waals surface area contributed by atoms with E-state index in [1.54, 1.807) is 6.55 Å². The molecule has 2 N–H and O–H groups in total. The minimum atomic E-state index is -2.71. The molecule has 0 aliphatic rings. The highest BCUT2D eigenvalue weighted by Gasteiger charge is 2.48. The van der Waals surface area contributed by atoms with E-state index in [2.05, 4.69) is 45.8 Å². The number of hydrogen-bond donors (Lipinski definition) is 2. The molecule has 34 heavy (non-hydrogen) atoms. The zero-order valence-electron chi connectivity index (χ0n) is 23.4. The average Bonchev–Trinajstić information content (AvgIpc) is 2.63. The summed E-state index contributed by atoms with van der Waals surface area (Å²) in [7, 11) is -12.7. The maximum Gasteiger partial charge on any atom is 0.315 e. The van der Waals surface area contributed by atoms with E-state index in [0.29, 0.717) is 16.4 Å². The third kappa shape index (κ3) is 15.3. The molecule has 0 fully saturated rings. The number of hydrogen-bond acceptors (Lipinski definition) is 8. The monoisotopic (exact) mass is 602 g/mol. The highest BCUT2D eigenvalue weighted by molar-refractivity contribution is 7.24. The fourth-order valence-corrected chi connectivity index (χ4v) is 32.0. The first kappa shape index (κ1) is 35.0. The average molecular weight is 603 g/mol. The van der Waals surface area contributed by atoms with Crippen LogP contribution in [0, 0.1) is 0 Å². The molecule has 15 heteroatoms. The molecule has 0 amide bonds. The molecule has 0 spiro atoms. The second-order valence-electron chi connectivity index (χ2n) is 11.3. The molecule has 3 unspecified atom stereocenters. The number of rotatable bonds is 19. The van der Waals surface area contributed by atoms with E-state index in [0.717, 1.165) is 24.6 Å². The summed E-state index contributed by atoms with van der Waals surface area (Å²) in [5.74, 6) is 0. The number of ether oxygens (including phenoxy) is 1. The van der Waals surface area contributed by atoms with Crippen LogP contribution in [0.2, 0.25) is 90.1 Å². The van der Waals surface area contributed by atoms with Crippen molar-refractivity contribution in [1.29, 1.82) is 0 Å². The second-order valence-corrected chi connectivity index (χ2v) is 38.6. The molecule has 0 aromatic heterocycles. The second kappa shape index (κ2) is 14.8. The Morgan fingerprint density at radius 3 is 1.94 bits per heavy atom. The predicted molar refractivity (Wildman–Crippen MR) is 153 cm³/mol. The molecule has 0 aliphatic carbocycles. The van der Waals surface area contributed by atoms with E-state index in [9.17, 15) is 9.57 Å². The molecule has 3 atom stereocenters. The van der Waals surface area contributed by atoms with Gasteiger partial charge in [-0.15, -0.1) is 0 Å². The van der Waals surface area contributed by atoms with Gasteiger partial charge in [0.2, 0.25) is 17.6 Å². The van der Waals surface area contributed by atoms with Crippen LogP contribution in [0.1, 0.15) is 6.42 Å². The largest absolute Gasteiger partial charge is 0.456 e. The smallest absolute Gasteiger partial charge is 0.315 e. The summed E-state index contributed by atoms with van der Waals surface area (Å²) in [6.07, 6.45) is -0.118. The molecule has 0 aromatic rings. The maximum absolute atomic E-state index is 12.6. The lowest BCUT2D eigenvalue weighted by Gasteiger charge is -2.42. The van der Waals surface area contributed by atoms with Gasteiger partial charge in [0.25, 0.3) is 8.20 Å². The van der Waals surface area contributed by atoms with E-state index in [1.807, 2.05) is 19.6 Å². The van der Waals surface area contributed by atoms with Crippen molar-refractivity contribution in [2.45, 2.75) is 103 Å². The van der Waals surface area contributed by atoms with Crippen molar-refractivity contribution in [3.63, 3.8) is 0 Å². The Morgan fingerprint density at radius 1 is 0.882 bits per heavy atom. The van der Waals surface area contributed by atoms with Gasteiger partial charge in [-0.1, -0.05) is 0 Å². The van der Waals surface area contributed by atoms with Gasteiger partial charge in [-0.3, -0.25) is 0 Å². The van der Waals surface area contributed by atoms with E-state index in [1.165, 1.54) is 0 Å². The molecule has 0 saturated heterocycles. The Hall–Kier alpha value is 1.04. The van der Waals surface area contributed by atoms with Crippen LogP contribution in [0.3, 0.4) is 0 Å². The van der Waals surface area contributed by atoms with Crippen LogP contribution >= 0.6 is 0 Å². The fourth-order valence-electron chi connectivity index (χ4n) is 3.71. The first-order valence-corrected chi connectivity index (χ1v) is 30.9. The molecule has 202 valence electrons. The van der Waals surface area contributed by atoms with Gasteiger partial charge in [0, 0.05) is 6.61 Å². The molecule has 0 saturated carbocycles. The summed E-state index contributed by atoms with van der Waals surface area (Å²) in [6, 6.07) is 2.49. The van der Waals surface area contributed by atoms with Crippen LogP contribution in [-0.2, 0) is 25.7 Å². The summed E-state index contributed by atoms with van der Waals surface area (Å²) in [6.45, 7) is 23.6. The van der Waals surface area contributed by atoms with Crippen LogP contribution in [0.4, 0.5) is 0 Å². The van der Waals surface area contributed by atoms with E-state index in [4.69, 9.17) is 26.3 Å².